The lowest BCUT2D eigenvalue weighted by atomic mass is 9.97. The third-order valence-electron chi connectivity index (χ3n) is 3.59. The number of likely N-dealkylation sites (N-methyl/N-ethyl adjacent to an activating group) is 2. The van der Waals surface area contributed by atoms with Crippen molar-refractivity contribution in [2.75, 3.05) is 33.8 Å². The van der Waals surface area contributed by atoms with Gasteiger partial charge in [0.1, 0.15) is 0 Å². The Morgan fingerprint density at radius 3 is 2.57 bits per heavy atom. The zero-order chi connectivity index (χ0) is 10.8. The molecule has 1 N–H and O–H groups in total. The lowest BCUT2D eigenvalue weighted by Crippen LogP contribution is -2.48. The molecular weight excluding hydrogens is 176 g/mol. The molecule has 0 amide bonds. The van der Waals surface area contributed by atoms with Crippen LogP contribution in [0.5, 0.6) is 0 Å². The van der Waals surface area contributed by atoms with Gasteiger partial charge in [0, 0.05) is 24.7 Å². The van der Waals surface area contributed by atoms with Crippen LogP contribution in [0.2, 0.25) is 0 Å². The standard InChI is InChI=1S/C11H24N2O/c1-11(2,6-8-14)13(4)10-5-7-12(3)9-10/h10,14H,5-9H2,1-4H3. The summed E-state index contributed by atoms with van der Waals surface area (Å²) < 4.78 is 0. The Kier molecular flexibility index (Phi) is 3.93. The van der Waals surface area contributed by atoms with Gasteiger partial charge in [-0.1, -0.05) is 0 Å². The van der Waals surface area contributed by atoms with Crippen LogP contribution >= 0.6 is 0 Å². The van der Waals surface area contributed by atoms with E-state index in [1.165, 1.54) is 13.0 Å². The van der Waals surface area contributed by atoms with Gasteiger partial charge in [-0.25, -0.2) is 0 Å². The zero-order valence-electron chi connectivity index (χ0n) is 9.95. The lowest BCUT2D eigenvalue weighted by molar-refractivity contribution is 0.0782. The smallest absolute Gasteiger partial charge is 0.0448 e. The fourth-order valence-corrected chi connectivity index (χ4v) is 2.17. The van der Waals surface area contributed by atoms with Crippen LogP contribution in [-0.4, -0.2) is 60.3 Å². The van der Waals surface area contributed by atoms with E-state index in [1.54, 1.807) is 0 Å². The van der Waals surface area contributed by atoms with Gasteiger partial charge in [-0.3, -0.25) is 4.90 Å². The first-order chi connectivity index (χ1) is 6.47. The quantitative estimate of drug-likeness (QED) is 0.726. The van der Waals surface area contributed by atoms with Gasteiger partial charge in [0.15, 0.2) is 0 Å². The Balaban J connectivity index is 2.51. The fourth-order valence-electron chi connectivity index (χ4n) is 2.17. The maximum atomic E-state index is 9.01. The summed E-state index contributed by atoms with van der Waals surface area (Å²) >= 11 is 0. The van der Waals surface area contributed by atoms with E-state index in [4.69, 9.17) is 5.11 Å². The van der Waals surface area contributed by atoms with Crippen LogP contribution in [0.4, 0.5) is 0 Å². The monoisotopic (exact) mass is 200 g/mol. The Hall–Kier alpha value is -0.120. The van der Waals surface area contributed by atoms with Crippen LogP contribution in [-0.2, 0) is 0 Å². The lowest BCUT2D eigenvalue weighted by Gasteiger charge is -2.39. The van der Waals surface area contributed by atoms with Crippen molar-refractivity contribution in [3.8, 4) is 0 Å². The summed E-state index contributed by atoms with van der Waals surface area (Å²) in [6.45, 7) is 7.05. The number of aliphatic hydroxyl groups excluding tert-OH is 1. The van der Waals surface area contributed by atoms with Crippen molar-refractivity contribution in [3.05, 3.63) is 0 Å². The molecule has 0 aromatic carbocycles. The van der Waals surface area contributed by atoms with Gasteiger partial charge in [0.25, 0.3) is 0 Å². The molecule has 1 rings (SSSR count). The zero-order valence-corrected chi connectivity index (χ0v) is 9.95. The normalized spacial score (nSPS) is 24.9. The average Bonchev–Trinajstić information content (AvgIpc) is 2.50. The van der Waals surface area contributed by atoms with Crippen molar-refractivity contribution in [1.29, 1.82) is 0 Å². The number of nitrogens with zero attached hydrogens (tertiary/aromatic N) is 2. The summed E-state index contributed by atoms with van der Waals surface area (Å²) in [7, 11) is 4.35. The topological polar surface area (TPSA) is 26.7 Å². The van der Waals surface area contributed by atoms with E-state index in [1.807, 2.05) is 0 Å². The molecule has 1 heterocycles. The molecule has 1 saturated heterocycles. The Labute approximate surface area is 87.7 Å². The number of aliphatic hydroxyl groups is 1. The molecule has 1 fully saturated rings. The molecule has 0 aliphatic carbocycles. The second-order valence-electron chi connectivity index (χ2n) is 5.10. The molecule has 1 aliphatic rings. The molecule has 84 valence electrons. The van der Waals surface area contributed by atoms with E-state index in [0.29, 0.717) is 6.04 Å². The predicted octanol–water partition coefficient (Wildman–Crippen LogP) is 0.783. The molecule has 1 aliphatic heterocycles. The van der Waals surface area contributed by atoms with Gasteiger partial charge in [0.05, 0.1) is 0 Å². The Morgan fingerprint density at radius 1 is 1.50 bits per heavy atom. The summed E-state index contributed by atoms with van der Waals surface area (Å²) in [5, 5.41) is 9.01. The maximum Gasteiger partial charge on any atom is 0.0448 e. The average molecular weight is 200 g/mol. The first-order valence-corrected chi connectivity index (χ1v) is 5.49. The Bertz CT molecular complexity index is 182. The highest BCUT2D eigenvalue weighted by Crippen LogP contribution is 2.23. The van der Waals surface area contributed by atoms with Gasteiger partial charge in [-0.15, -0.1) is 0 Å². The van der Waals surface area contributed by atoms with Gasteiger partial charge in [-0.05, 0) is 47.3 Å². The van der Waals surface area contributed by atoms with E-state index >= 15 is 0 Å². The minimum absolute atomic E-state index is 0.116. The molecule has 0 radical (unpaired) electrons. The maximum absolute atomic E-state index is 9.01. The second-order valence-corrected chi connectivity index (χ2v) is 5.10. The van der Waals surface area contributed by atoms with Crippen molar-refractivity contribution in [2.24, 2.45) is 0 Å². The molecule has 0 aromatic heterocycles. The van der Waals surface area contributed by atoms with Gasteiger partial charge < -0.3 is 10.0 Å². The minimum atomic E-state index is 0.116. The summed E-state index contributed by atoms with van der Waals surface area (Å²) in [6.07, 6.45) is 2.10. The molecule has 3 nitrogen and oxygen atoms in total. The van der Waals surface area contributed by atoms with E-state index in [0.717, 1.165) is 13.0 Å². The highest BCUT2D eigenvalue weighted by molar-refractivity contribution is 4.88. The van der Waals surface area contributed by atoms with E-state index < -0.39 is 0 Å². The molecule has 0 aromatic rings. The van der Waals surface area contributed by atoms with E-state index in [2.05, 4.69) is 37.7 Å². The van der Waals surface area contributed by atoms with Gasteiger partial charge in [-0.2, -0.15) is 0 Å². The van der Waals surface area contributed by atoms with Crippen molar-refractivity contribution < 1.29 is 5.11 Å². The predicted molar refractivity (Wildman–Crippen MR) is 59.4 cm³/mol. The molecule has 1 unspecified atom stereocenters. The van der Waals surface area contributed by atoms with Crippen LogP contribution in [0.25, 0.3) is 0 Å². The molecule has 14 heavy (non-hydrogen) atoms. The largest absolute Gasteiger partial charge is 0.396 e. The molecule has 3 heteroatoms. The summed E-state index contributed by atoms with van der Waals surface area (Å²) in [6, 6.07) is 0.654. The first-order valence-electron chi connectivity index (χ1n) is 5.49. The van der Waals surface area contributed by atoms with Crippen molar-refractivity contribution >= 4 is 0 Å². The first kappa shape index (κ1) is 12.0. The van der Waals surface area contributed by atoms with E-state index in [-0.39, 0.29) is 12.1 Å². The summed E-state index contributed by atoms with van der Waals surface area (Å²) in [5.74, 6) is 0. The number of likely N-dealkylation sites (tertiary alicyclic amines) is 1. The fraction of sp³-hybridized carbons (Fsp3) is 1.00. The van der Waals surface area contributed by atoms with Crippen molar-refractivity contribution in [1.82, 2.24) is 9.80 Å². The van der Waals surface area contributed by atoms with Gasteiger partial charge >= 0.3 is 0 Å². The minimum Gasteiger partial charge on any atom is -0.396 e. The van der Waals surface area contributed by atoms with Crippen LogP contribution in [0, 0.1) is 0 Å². The third kappa shape index (κ3) is 2.69. The highest BCUT2D eigenvalue weighted by Gasteiger charge is 2.32. The summed E-state index contributed by atoms with van der Waals surface area (Å²) in [5.41, 5.74) is 0.116. The van der Waals surface area contributed by atoms with Crippen LogP contribution < -0.4 is 0 Å². The number of rotatable bonds is 4. The highest BCUT2D eigenvalue weighted by atomic mass is 16.3. The van der Waals surface area contributed by atoms with Crippen molar-refractivity contribution in [3.63, 3.8) is 0 Å². The van der Waals surface area contributed by atoms with Crippen LogP contribution in [0.3, 0.4) is 0 Å². The van der Waals surface area contributed by atoms with Gasteiger partial charge in [0.2, 0.25) is 0 Å². The molecule has 0 saturated carbocycles. The molecule has 0 bridgehead atoms. The third-order valence-corrected chi connectivity index (χ3v) is 3.59. The second kappa shape index (κ2) is 4.60. The number of hydrogen-bond donors (Lipinski definition) is 1. The molecular formula is C11H24N2O. The number of hydrogen-bond acceptors (Lipinski definition) is 3. The molecule has 1 atom stereocenters. The van der Waals surface area contributed by atoms with Crippen molar-refractivity contribution in [2.45, 2.75) is 38.3 Å². The Morgan fingerprint density at radius 2 is 2.14 bits per heavy atom. The van der Waals surface area contributed by atoms with Crippen LogP contribution in [0.15, 0.2) is 0 Å². The van der Waals surface area contributed by atoms with Crippen LogP contribution in [0.1, 0.15) is 26.7 Å². The SMILES string of the molecule is CN1CCC(N(C)C(C)(C)CCO)C1. The van der Waals surface area contributed by atoms with E-state index in [9.17, 15) is 0 Å². The molecule has 0 spiro atoms. The summed E-state index contributed by atoms with van der Waals surface area (Å²) in [4.78, 5) is 4.79.